The van der Waals surface area contributed by atoms with Crippen molar-refractivity contribution in [1.82, 2.24) is 9.88 Å². The van der Waals surface area contributed by atoms with E-state index in [1.165, 1.54) is 0 Å². The third kappa shape index (κ3) is 4.39. The van der Waals surface area contributed by atoms with E-state index < -0.39 is 0 Å². The number of rotatable bonds is 6. The van der Waals surface area contributed by atoms with Crippen LogP contribution < -0.4 is 4.74 Å². The number of ketones is 1. The smallest absolute Gasteiger partial charge is 0.219 e. The zero-order valence-corrected chi connectivity index (χ0v) is 12.6. The van der Waals surface area contributed by atoms with Gasteiger partial charge in [-0.2, -0.15) is 0 Å². The molecule has 110 valence electrons. The van der Waals surface area contributed by atoms with Gasteiger partial charge in [-0.15, -0.1) is 0 Å². The standard InChI is InChI=1S/C17H20N2O2/c1-13(20)12-16(19(2)3)14-7-9-15(10-8-14)21-17-6-4-5-11-18-17/h4-11,16H,12H2,1-3H3. The molecule has 2 rings (SSSR count). The molecule has 0 amide bonds. The van der Waals surface area contributed by atoms with E-state index in [9.17, 15) is 4.79 Å². The Hall–Kier alpha value is -2.20. The number of ether oxygens (including phenoxy) is 1. The second kappa shape index (κ2) is 6.99. The van der Waals surface area contributed by atoms with Crippen LogP contribution in [-0.2, 0) is 4.79 Å². The van der Waals surface area contributed by atoms with Crippen LogP contribution in [0.15, 0.2) is 48.7 Å². The van der Waals surface area contributed by atoms with E-state index in [0.717, 1.165) is 11.3 Å². The minimum absolute atomic E-state index is 0.0893. The molecule has 0 radical (unpaired) electrons. The first-order valence-corrected chi connectivity index (χ1v) is 6.91. The second-order valence-corrected chi connectivity index (χ2v) is 5.22. The highest BCUT2D eigenvalue weighted by Gasteiger charge is 2.16. The number of benzene rings is 1. The Morgan fingerprint density at radius 1 is 1.19 bits per heavy atom. The lowest BCUT2D eigenvalue weighted by Crippen LogP contribution is -2.22. The number of nitrogens with zero attached hydrogens (tertiary/aromatic N) is 2. The van der Waals surface area contributed by atoms with Gasteiger partial charge in [0, 0.05) is 24.7 Å². The Morgan fingerprint density at radius 3 is 2.43 bits per heavy atom. The number of carbonyl (C=O) groups excluding carboxylic acids is 1. The van der Waals surface area contributed by atoms with E-state index in [-0.39, 0.29) is 11.8 Å². The van der Waals surface area contributed by atoms with Crippen molar-refractivity contribution in [2.75, 3.05) is 14.1 Å². The first-order valence-electron chi connectivity index (χ1n) is 6.91. The van der Waals surface area contributed by atoms with Gasteiger partial charge in [-0.3, -0.25) is 4.79 Å². The largest absolute Gasteiger partial charge is 0.439 e. The minimum atomic E-state index is 0.0893. The van der Waals surface area contributed by atoms with Gasteiger partial charge in [0.05, 0.1) is 0 Å². The molecule has 1 aromatic heterocycles. The van der Waals surface area contributed by atoms with Crippen LogP contribution in [0, 0.1) is 0 Å². The van der Waals surface area contributed by atoms with Gasteiger partial charge >= 0.3 is 0 Å². The summed E-state index contributed by atoms with van der Waals surface area (Å²) in [5.41, 5.74) is 1.10. The van der Waals surface area contributed by atoms with Gasteiger partial charge in [-0.1, -0.05) is 18.2 Å². The zero-order valence-electron chi connectivity index (χ0n) is 12.6. The molecule has 4 nitrogen and oxygen atoms in total. The number of pyridine rings is 1. The highest BCUT2D eigenvalue weighted by atomic mass is 16.5. The summed E-state index contributed by atoms with van der Waals surface area (Å²) in [6.07, 6.45) is 2.20. The topological polar surface area (TPSA) is 42.4 Å². The van der Waals surface area contributed by atoms with E-state index >= 15 is 0 Å². The zero-order chi connectivity index (χ0) is 15.2. The lowest BCUT2D eigenvalue weighted by atomic mass is 10.0. The van der Waals surface area contributed by atoms with Crippen molar-refractivity contribution in [3.05, 3.63) is 54.2 Å². The predicted octanol–water partition coefficient (Wildman–Crippen LogP) is 3.46. The van der Waals surface area contributed by atoms with Crippen molar-refractivity contribution in [3.63, 3.8) is 0 Å². The molecule has 21 heavy (non-hydrogen) atoms. The lowest BCUT2D eigenvalue weighted by Gasteiger charge is -2.23. The third-order valence-corrected chi connectivity index (χ3v) is 3.23. The predicted molar refractivity (Wildman–Crippen MR) is 82.5 cm³/mol. The van der Waals surface area contributed by atoms with Crippen LogP contribution in [0.25, 0.3) is 0 Å². The SMILES string of the molecule is CC(=O)CC(c1ccc(Oc2ccccn2)cc1)N(C)C. The van der Waals surface area contributed by atoms with Crippen LogP contribution in [0.2, 0.25) is 0 Å². The van der Waals surface area contributed by atoms with Crippen molar-refractivity contribution in [2.45, 2.75) is 19.4 Å². The second-order valence-electron chi connectivity index (χ2n) is 5.22. The summed E-state index contributed by atoms with van der Waals surface area (Å²) in [5.74, 6) is 1.48. The van der Waals surface area contributed by atoms with E-state index in [1.807, 2.05) is 56.6 Å². The van der Waals surface area contributed by atoms with Gasteiger partial charge in [0.25, 0.3) is 0 Å². The molecule has 0 spiro atoms. The van der Waals surface area contributed by atoms with E-state index in [4.69, 9.17) is 4.74 Å². The summed E-state index contributed by atoms with van der Waals surface area (Å²) in [4.78, 5) is 17.6. The quantitative estimate of drug-likeness (QED) is 0.814. The number of carbonyl (C=O) groups is 1. The molecule has 0 saturated carbocycles. The summed E-state index contributed by atoms with van der Waals surface area (Å²) in [7, 11) is 3.96. The number of hydrogen-bond acceptors (Lipinski definition) is 4. The molecule has 0 aliphatic heterocycles. The Balaban J connectivity index is 2.12. The average molecular weight is 284 g/mol. The highest BCUT2D eigenvalue weighted by molar-refractivity contribution is 5.76. The maximum absolute atomic E-state index is 11.4. The van der Waals surface area contributed by atoms with Crippen LogP contribution in [0.3, 0.4) is 0 Å². The normalized spacial score (nSPS) is 12.2. The molecule has 2 aromatic rings. The van der Waals surface area contributed by atoms with E-state index in [1.54, 1.807) is 13.1 Å². The molecular weight excluding hydrogens is 264 g/mol. The van der Waals surface area contributed by atoms with E-state index in [0.29, 0.717) is 12.3 Å². The van der Waals surface area contributed by atoms with E-state index in [2.05, 4.69) is 9.88 Å². The fourth-order valence-corrected chi connectivity index (χ4v) is 2.16. The minimum Gasteiger partial charge on any atom is -0.439 e. The third-order valence-electron chi connectivity index (χ3n) is 3.23. The van der Waals surface area contributed by atoms with Crippen LogP contribution >= 0.6 is 0 Å². The van der Waals surface area contributed by atoms with Gasteiger partial charge in [-0.25, -0.2) is 4.98 Å². The van der Waals surface area contributed by atoms with Gasteiger partial charge in [0.2, 0.25) is 5.88 Å². The molecule has 4 heteroatoms. The highest BCUT2D eigenvalue weighted by Crippen LogP contribution is 2.26. The van der Waals surface area contributed by atoms with Crippen molar-refractivity contribution < 1.29 is 9.53 Å². The van der Waals surface area contributed by atoms with Gasteiger partial charge < -0.3 is 9.64 Å². The van der Waals surface area contributed by atoms with Gasteiger partial charge in [0.15, 0.2) is 0 Å². The molecule has 1 heterocycles. The Kier molecular flexibility index (Phi) is 5.06. The molecule has 1 unspecified atom stereocenters. The Labute approximate surface area is 125 Å². The molecule has 0 N–H and O–H groups in total. The van der Waals surface area contributed by atoms with Crippen LogP contribution in [0.1, 0.15) is 24.9 Å². The molecule has 0 aliphatic carbocycles. The fourth-order valence-electron chi connectivity index (χ4n) is 2.16. The summed E-state index contributed by atoms with van der Waals surface area (Å²) in [6, 6.07) is 13.4. The van der Waals surface area contributed by atoms with Gasteiger partial charge in [0.1, 0.15) is 11.5 Å². The fraction of sp³-hybridized carbons (Fsp3) is 0.294. The first kappa shape index (κ1) is 15.2. The monoisotopic (exact) mass is 284 g/mol. The molecule has 1 aromatic carbocycles. The summed E-state index contributed by atoms with van der Waals surface area (Å²) in [6.45, 7) is 1.62. The van der Waals surface area contributed by atoms with Gasteiger partial charge in [-0.05, 0) is 44.8 Å². The number of hydrogen-bond donors (Lipinski definition) is 0. The number of Topliss-reactive ketones (excluding diaryl/α,β-unsaturated/α-hetero) is 1. The Morgan fingerprint density at radius 2 is 1.90 bits per heavy atom. The molecule has 1 atom stereocenters. The van der Waals surface area contributed by atoms with Crippen LogP contribution in [0.4, 0.5) is 0 Å². The van der Waals surface area contributed by atoms with Crippen molar-refractivity contribution in [1.29, 1.82) is 0 Å². The maximum atomic E-state index is 11.4. The Bertz CT molecular complexity index is 579. The summed E-state index contributed by atoms with van der Waals surface area (Å²) >= 11 is 0. The molecular formula is C17H20N2O2. The maximum Gasteiger partial charge on any atom is 0.219 e. The number of aromatic nitrogens is 1. The van der Waals surface area contributed by atoms with Crippen molar-refractivity contribution in [3.8, 4) is 11.6 Å². The first-order chi connectivity index (χ1) is 10.1. The van der Waals surface area contributed by atoms with Crippen molar-refractivity contribution >= 4 is 5.78 Å². The molecule has 0 saturated heterocycles. The van der Waals surface area contributed by atoms with Crippen LogP contribution in [-0.4, -0.2) is 29.8 Å². The lowest BCUT2D eigenvalue weighted by molar-refractivity contribution is -0.118. The average Bonchev–Trinajstić information content (AvgIpc) is 2.46. The molecule has 0 bridgehead atoms. The summed E-state index contributed by atoms with van der Waals surface area (Å²) < 4.78 is 5.66. The summed E-state index contributed by atoms with van der Waals surface area (Å²) in [5, 5.41) is 0. The molecule has 0 aliphatic rings. The molecule has 0 fully saturated rings. The van der Waals surface area contributed by atoms with Crippen molar-refractivity contribution in [2.24, 2.45) is 0 Å². The van der Waals surface area contributed by atoms with Crippen LogP contribution in [0.5, 0.6) is 11.6 Å².